The monoisotopic (exact) mass is 238 g/mol. The van der Waals surface area contributed by atoms with Gasteiger partial charge in [-0.15, -0.1) is 0 Å². The summed E-state index contributed by atoms with van der Waals surface area (Å²) in [6, 6.07) is 6.19. The smallest absolute Gasteiger partial charge is 0.0726 e. The highest BCUT2D eigenvalue weighted by molar-refractivity contribution is 9.10. The lowest BCUT2D eigenvalue weighted by Gasteiger charge is -1.99. The van der Waals surface area contributed by atoms with E-state index in [9.17, 15) is 0 Å². The fraction of sp³-hybridized carbons (Fsp3) is 0.300. The van der Waals surface area contributed by atoms with E-state index >= 15 is 0 Å². The van der Waals surface area contributed by atoms with E-state index in [1.54, 1.807) is 0 Å². The van der Waals surface area contributed by atoms with E-state index in [0.717, 1.165) is 15.7 Å². The summed E-state index contributed by atoms with van der Waals surface area (Å²) in [5.41, 5.74) is 2.24. The molecule has 0 spiro atoms. The van der Waals surface area contributed by atoms with Crippen molar-refractivity contribution in [3.63, 3.8) is 0 Å². The molecule has 1 aromatic heterocycles. The topological polar surface area (TPSA) is 28.7 Å². The second kappa shape index (κ2) is 3.14. The minimum absolute atomic E-state index is 0.468. The largest absolute Gasteiger partial charge is 0.278 e. The molecule has 3 heteroatoms. The van der Waals surface area contributed by atoms with Crippen molar-refractivity contribution in [3.05, 3.63) is 28.4 Å². The molecule has 0 aliphatic carbocycles. The van der Waals surface area contributed by atoms with Crippen LogP contribution in [0, 0.1) is 0 Å². The first-order chi connectivity index (χ1) is 6.18. The molecule has 0 fully saturated rings. The van der Waals surface area contributed by atoms with Crippen molar-refractivity contribution >= 4 is 26.8 Å². The van der Waals surface area contributed by atoms with Crippen LogP contribution in [0.2, 0.25) is 0 Å². The number of rotatable bonds is 1. The number of hydrogen-bond acceptors (Lipinski definition) is 1. The zero-order valence-electron chi connectivity index (χ0n) is 7.63. The van der Waals surface area contributed by atoms with Gasteiger partial charge in [-0.05, 0) is 24.1 Å². The summed E-state index contributed by atoms with van der Waals surface area (Å²) in [5.74, 6) is 0.468. The lowest BCUT2D eigenvalue weighted by molar-refractivity contribution is 0.818. The van der Waals surface area contributed by atoms with E-state index in [4.69, 9.17) is 0 Å². The van der Waals surface area contributed by atoms with E-state index in [0.29, 0.717) is 5.92 Å². The molecule has 0 unspecified atom stereocenters. The second-order valence-corrected chi connectivity index (χ2v) is 4.37. The minimum atomic E-state index is 0.468. The molecule has 0 atom stereocenters. The summed E-state index contributed by atoms with van der Waals surface area (Å²) in [7, 11) is 0. The summed E-state index contributed by atoms with van der Waals surface area (Å²) in [4.78, 5) is 0. The molecule has 0 amide bonds. The number of fused-ring (bicyclic) bond motifs is 1. The molecular formula is C10H11BrN2. The van der Waals surface area contributed by atoms with Gasteiger partial charge < -0.3 is 0 Å². The Kier molecular flexibility index (Phi) is 2.12. The predicted molar refractivity (Wildman–Crippen MR) is 57.9 cm³/mol. The van der Waals surface area contributed by atoms with Gasteiger partial charge in [0.1, 0.15) is 0 Å². The zero-order chi connectivity index (χ0) is 9.42. The maximum atomic E-state index is 4.29. The summed E-state index contributed by atoms with van der Waals surface area (Å²) < 4.78 is 1.08. The third kappa shape index (κ3) is 1.48. The summed E-state index contributed by atoms with van der Waals surface area (Å²) in [6.45, 7) is 4.30. The van der Waals surface area contributed by atoms with Crippen molar-refractivity contribution < 1.29 is 0 Å². The predicted octanol–water partition coefficient (Wildman–Crippen LogP) is 3.45. The Bertz CT molecular complexity index is 431. The number of hydrogen-bond donors (Lipinski definition) is 1. The van der Waals surface area contributed by atoms with Crippen LogP contribution in [0.15, 0.2) is 22.7 Å². The molecule has 1 aromatic carbocycles. The van der Waals surface area contributed by atoms with Crippen LogP contribution in [0.3, 0.4) is 0 Å². The van der Waals surface area contributed by atoms with Crippen LogP contribution in [0.5, 0.6) is 0 Å². The molecule has 2 nitrogen and oxygen atoms in total. The lowest BCUT2D eigenvalue weighted by atomic mass is 10.1. The van der Waals surface area contributed by atoms with Crippen molar-refractivity contribution in [2.45, 2.75) is 19.8 Å². The number of aromatic amines is 1. The molecule has 0 saturated heterocycles. The highest BCUT2D eigenvalue weighted by atomic mass is 79.9. The highest BCUT2D eigenvalue weighted by Crippen LogP contribution is 2.24. The molecular weight excluding hydrogens is 228 g/mol. The molecule has 2 aromatic rings. The van der Waals surface area contributed by atoms with Gasteiger partial charge in [0, 0.05) is 9.86 Å². The Morgan fingerprint density at radius 1 is 1.38 bits per heavy atom. The van der Waals surface area contributed by atoms with E-state index in [-0.39, 0.29) is 0 Å². The first-order valence-corrected chi connectivity index (χ1v) is 5.11. The summed E-state index contributed by atoms with van der Waals surface area (Å²) in [5, 5.41) is 8.54. The summed E-state index contributed by atoms with van der Waals surface area (Å²) in [6.07, 6.45) is 0. The van der Waals surface area contributed by atoms with Crippen LogP contribution in [-0.4, -0.2) is 10.2 Å². The van der Waals surface area contributed by atoms with Gasteiger partial charge in [0.2, 0.25) is 0 Å². The first kappa shape index (κ1) is 8.75. The van der Waals surface area contributed by atoms with E-state index in [1.165, 1.54) is 5.39 Å². The fourth-order valence-electron chi connectivity index (χ4n) is 1.45. The van der Waals surface area contributed by atoms with E-state index < -0.39 is 0 Å². The standard InChI is InChI=1S/C10H11BrN2/c1-6(2)10-8-4-3-7(11)5-9(8)12-13-10/h3-6H,1-2H3,(H,12,13). The van der Waals surface area contributed by atoms with E-state index in [2.05, 4.69) is 46.0 Å². The minimum Gasteiger partial charge on any atom is -0.278 e. The van der Waals surface area contributed by atoms with Crippen molar-refractivity contribution in [1.82, 2.24) is 10.2 Å². The number of halogens is 1. The first-order valence-electron chi connectivity index (χ1n) is 4.32. The van der Waals surface area contributed by atoms with Gasteiger partial charge in [0.05, 0.1) is 11.2 Å². The zero-order valence-corrected chi connectivity index (χ0v) is 9.22. The normalized spacial score (nSPS) is 11.4. The Labute approximate surface area is 85.5 Å². The van der Waals surface area contributed by atoms with Crippen molar-refractivity contribution in [2.75, 3.05) is 0 Å². The molecule has 68 valence electrons. The van der Waals surface area contributed by atoms with Gasteiger partial charge >= 0.3 is 0 Å². The SMILES string of the molecule is CC(C)c1n[nH]c2cc(Br)ccc12. The molecule has 0 bridgehead atoms. The van der Waals surface area contributed by atoms with Crippen LogP contribution >= 0.6 is 15.9 Å². The number of H-pyrrole nitrogens is 1. The van der Waals surface area contributed by atoms with Crippen molar-refractivity contribution in [2.24, 2.45) is 0 Å². The average molecular weight is 239 g/mol. The van der Waals surface area contributed by atoms with Gasteiger partial charge in [0.25, 0.3) is 0 Å². The number of nitrogens with one attached hydrogen (secondary N) is 1. The van der Waals surface area contributed by atoms with Gasteiger partial charge in [-0.3, -0.25) is 5.10 Å². The maximum Gasteiger partial charge on any atom is 0.0726 e. The Morgan fingerprint density at radius 3 is 2.85 bits per heavy atom. The quantitative estimate of drug-likeness (QED) is 0.811. The number of nitrogens with zero attached hydrogens (tertiary/aromatic N) is 1. The van der Waals surface area contributed by atoms with Crippen LogP contribution < -0.4 is 0 Å². The number of aromatic nitrogens is 2. The van der Waals surface area contributed by atoms with Gasteiger partial charge in [0.15, 0.2) is 0 Å². The number of benzene rings is 1. The van der Waals surface area contributed by atoms with Crippen molar-refractivity contribution in [1.29, 1.82) is 0 Å². The molecule has 1 N–H and O–H groups in total. The maximum absolute atomic E-state index is 4.29. The third-order valence-corrected chi connectivity index (χ3v) is 2.59. The van der Waals surface area contributed by atoms with Gasteiger partial charge in [-0.2, -0.15) is 5.10 Å². The molecule has 0 saturated carbocycles. The van der Waals surface area contributed by atoms with Gasteiger partial charge in [-0.25, -0.2) is 0 Å². The molecule has 0 aliphatic heterocycles. The molecule has 1 heterocycles. The fourth-order valence-corrected chi connectivity index (χ4v) is 1.81. The third-order valence-electron chi connectivity index (χ3n) is 2.10. The molecule has 0 aliphatic rings. The van der Waals surface area contributed by atoms with Crippen LogP contribution in [0.25, 0.3) is 10.9 Å². The average Bonchev–Trinajstić information content (AvgIpc) is 2.46. The van der Waals surface area contributed by atoms with Crippen molar-refractivity contribution in [3.8, 4) is 0 Å². The van der Waals surface area contributed by atoms with Crippen LogP contribution in [0.4, 0.5) is 0 Å². The second-order valence-electron chi connectivity index (χ2n) is 3.45. The Morgan fingerprint density at radius 2 is 2.15 bits per heavy atom. The molecule has 2 rings (SSSR count). The van der Waals surface area contributed by atoms with Gasteiger partial charge in [-0.1, -0.05) is 29.8 Å². The van der Waals surface area contributed by atoms with Crippen LogP contribution in [0.1, 0.15) is 25.5 Å². The lowest BCUT2D eigenvalue weighted by Crippen LogP contribution is -1.87. The Hall–Kier alpha value is -0.830. The molecule has 0 radical (unpaired) electrons. The van der Waals surface area contributed by atoms with E-state index in [1.807, 2.05) is 12.1 Å². The van der Waals surface area contributed by atoms with Crippen LogP contribution in [-0.2, 0) is 0 Å². The highest BCUT2D eigenvalue weighted by Gasteiger charge is 2.08. The Balaban J connectivity index is 2.69. The summed E-state index contributed by atoms with van der Waals surface area (Å²) >= 11 is 3.43. The molecule has 13 heavy (non-hydrogen) atoms.